The zero-order valence-corrected chi connectivity index (χ0v) is 13.3. The lowest BCUT2D eigenvalue weighted by molar-refractivity contribution is -0.138. The second-order valence-electron chi connectivity index (χ2n) is 5.34. The van der Waals surface area contributed by atoms with Gasteiger partial charge in [0.25, 0.3) is 5.56 Å². The first-order valence-corrected chi connectivity index (χ1v) is 7.58. The number of hydrogen-bond acceptors (Lipinski definition) is 3. The van der Waals surface area contributed by atoms with Crippen LogP contribution in [0.2, 0.25) is 5.02 Å². The van der Waals surface area contributed by atoms with Crippen LogP contribution in [0.15, 0.2) is 17.1 Å². The summed E-state index contributed by atoms with van der Waals surface area (Å²) in [7, 11) is 0. The molecule has 10 heteroatoms. The molecule has 1 aliphatic rings. The van der Waals surface area contributed by atoms with Crippen LogP contribution in [0.3, 0.4) is 0 Å². The largest absolute Gasteiger partial charge is 0.417 e. The summed E-state index contributed by atoms with van der Waals surface area (Å²) in [5.41, 5.74) is -1.99. The molecule has 0 atom stereocenters. The van der Waals surface area contributed by atoms with Gasteiger partial charge < -0.3 is 14.8 Å². The smallest absolute Gasteiger partial charge is 0.353 e. The molecular weight excluding hydrogens is 351 g/mol. The third kappa shape index (κ3) is 4.50. The lowest BCUT2D eigenvalue weighted by Crippen LogP contribution is -2.38. The molecule has 0 unspecified atom stereocenters. The predicted octanol–water partition coefficient (Wildman–Crippen LogP) is 1.26. The van der Waals surface area contributed by atoms with Crippen LogP contribution < -0.4 is 10.9 Å². The zero-order chi connectivity index (χ0) is 17.9. The Morgan fingerprint density at radius 3 is 2.62 bits per heavy atom. The second-order valence-corrected chi connectivity index (χ2v) is 5.75. The Balaban J connectivity index is 1.97. The highest BCUT2D eigenvalue weighted by Crippen LogP contribution is 2.29. The third-order valence-electron chi connectivity index (χ3n) is 3.56. The molecule has 6 nitrogen and oxygen atoms in total. The Morgan fingerprint density at radius 2 is 2.04 bits per heavy atom. The van der Waals surface area contributed by atoms with Crippen molar-refractivity contribution in [3.05, 3.63) is 33.2 Å². The van der Waals surface area contributed by atoms with E-state index in [1.54, 1.807) is 4.90 Å². The highest BCUT2D eigenvalue weighted by atomic mass is 35.5. The van der Waals surface area contributed by atoms with E-state index in [1.807, 2.05) is 0 Å². The summed E-state index contributed by atoms with van der Waals surface area (Å²) in [6.07, 6.45) is -2.87. The van der Waals surface area contributed by atoms with Crippen LogP contribution in [-0.4, -0.2) is 40.9 Å². The molecule has 0 aromatic carbocycles. The molecule has 0 bridgehead atoms. The average Bonchev–Trinajstić information content (AvgIpc) is 2.88. The fourth-order valence-electron chi connectivity index (χ4n) is 2.35. The minimum absolute atomic E-state index is 0.00475. The molecule has 1 aromatic heterocycles. The van der Waals surface area contributed by atoms with Gasteiger partial charge in [-0.15, -0.1) is 0 Å². The maximum absolute atomic E-state index is 12.7. The van der Waals surface area contributed by atoms with Crippen molar-refractivity contribution in [1.29, 1.82) is 0 Å². The maximum Gasteiger partial charge on any atom is 0.417 e. The van der Waals surface area contributed by atoms with Gasteiger partial charge in [0.1, 0.15) is 11.6 Å². The van der Waals surface area contributed by atoms with Crippen LogP contribution in [-0.2, 0) is 22.3 Å². The number of amides is 2. The molecule has 1 N–H and O–H groups in total. The molecule has 2 rings (SSSR count). The first-order valence-electron chi connectivity index (χ1n) is 7.20. The summed E-state index contributed by atoms with van der Waals surface area (Å²) in [6, 6.07) is 0.525. The maximum atomic E-state index is 12.7. The fourth-order valence-corrected chi connectivity index (χ4v) is 2.58. The van der Waals surface area contributed by atoms with Gasteiger partial charge in [0.15, 0.2) is 0 Å². The van der Waals surface area contributed by atoms with Crippen molar-refractivity contribution in [2.24, 2.45) is 0 Å². The lowest BCUT2D eigenvalue weighted by atomic mass is 10.2. The number of hydrogen-bond donors (Lipinski definition) is 1. The minimum atomic E-state index is -4.67. The third-order valence-corrected chi connectivity index (χ3v) is 3.83. The Morgan fingerprint density at radius 1 is 1.33 bits per heavy atom. The Bertz CT molecular complexity index is 703. The van der Waals surface area contributed by atoms with Gasteiger partial charge in [0, 0.05) is 32.3 Å². The van der Waals surface area contributed by atoms with E-state index in [-0.39, 0.29) is 12.5 Å². The number of alkyl halides is 3. The van der Waals surface area contributed by atoms with E-state index in [2.05, 4.69) is 5.32 Å². The molecule has 1 fully saturated rings. The molecule has 24 heavy (non-hydrogen) atoms. The van der Waals surface area contributed by atoms with Crippen molar-refractivity contribution in [3.63, 3.8) is 0 Å². The van der Waals surface area contributed by atoms with Crippen molar-refractivity contribution < 1.29 is 22.8 Å². The first kappa shape index (κ1) is 18.3. The summed E-state index contributed by atoms with van der Waals surface area (Å²) in [5.74, 6) is -0.635. The van der Waals surface area contributed by atoms with Gasteiger partial charge in [0.05, 0.1) is 5.56 Å². The van der Waals surface area contributed by atoms with Crippen LogP contribution in [0.5, 0.6) is 0 Å². The van der Waals surface area contributed by atoms with E-state index in [0.29, 0.717) is 36.3 Å². The van der Waals surface area contributed by atoms with Crippen molar-refractivity contribution in [2.45, 2.75) is 25.6 Å². The summed E-state index contributed by atoms with van der Waals surface area (Å²) in [5, 5.41) is 1.86. The second kappa shape index (κ2) is 7.25. The van der Waals surface area contributed by atoms with Crippen molar-refractivity contribution >= 4 is 23.4 Å². The number of rotatable bonds is 5. The molecule has 132 valence electrons. The zero-order valence-electron chi connectivity index (χ0n) is 12.5. The van der Waals surface area contributed by atoms with Crippen LogP contribution in [0, 0.1) is 0 Å². The van der Waals surface area contributed by atoms with Crippen LogP contribution in [0.4, 0.5) is 13.2 Å². The number of pyridine rings is 1. The van der Waals surface area contributed by atoms with Gasteiger partial charge in [-0.05, 0) is 12.5 Å². The predicted molar refractivity (Wildman–Crippen MR) is 79.5 cm³/mol. The molecule has 0 saturated carbocycles. The van der Waals surface area contributed by atoms with E-state index < -0.39 is 34.8 Å². The van der Waals surface area contributed by atoms with Gasteiger partial charge in [-0.3, -0.25) is 14.4 Å². The van der Waals surface area contributed by atoms with E-state index in [0.717, 1.165) is 6.42 Å². The molecule has 2 amide bonds. The molecule has 1 aromatic rings. The Kier molecular flexibility index (Phi) is 5.53. The first-order chi connectivity index (χ1) is 11.2. The van der Waals surface area contributed by atoms with Crippen molar-refractivity contribution in [1.82, 2.24) is 14.8 Å². The summed E-state index contributed by atoms with van der Waals surface area (Å²) < 4.78 is 38.8. The normalized spacial score (nSPS) is 15.0. The molecule has 0 aliphatic carbocycles. The average molecular weight is 366 g/mol. The van der Waals surface area contributed by atoms with Gasteiger partial charge in [-0.1, -0.05) is 11.6 Å². The quantitative estimate of drug-likeness (QED) is 0.854. The van der Waals surface area contributed by atoms with Crippen molar-refractivity contribution in [3.8, 4) is 0 Å². The van der Waals surface area contributed by atoms with Gasteiger partial charge in [-0.2, -0.15) is 13.2 Å². The van der Waals surface area contributed by atoms with E-state index in [9.17, 15) is 27.6 Å². The molecule has 2 heterocycles. The highest BCUT2D eigenvalue weighted by molar-refractivity contribution is 6.30. The fraction of sp³-hybridized carbons (Fsp3) is 0.500. The lowest BCUT2D eigenvalue weighted by Gasteiger charge is -2.16. The van der Waals surface area contributed by atoms with Crippen molar-refractivity contribution in [2.75, 3.05) is 19.6 Å². The molecule has 1 aliphatic heterocycles. The molecule has 0 radical (unpaired) electrons. The number of likely N-dealkylation sites (tertiary alicyclic amines) is 1. The molecule has 1 saturated heterocycles. The number of nitrogens with zero attached hydrogens (tertiary/aromatic N) is 2. The van der Waals surface area contributed by atoms with E-state index in [1.165, 1.54) is 0 Å². The standard InChI is InChI=1S/C14H15ClF3N3O3/c15-10-6-9(14(16,17)18)7-21(13(10)24)8-11(22)19-3-5-20-4-1-2-12(20)23/h6-7H,1-5,8H2,(H,19,22). The Hall–Kier alpha value is -2.03. The number of nitrogens with one attached hydrogen (secondary N) is 1. The van der Waals surface area contributed by atoms with Gasteiger partial charge in [-0.25, -0.2) is 0 Å². The van der Waals surface area contributed by atoms with Crippen LogP contribution in [0.1, 0.15) is 18.4 Å². The number of carbonyl (C=O) groups is 2. The minimum Gasteiger partial charge on any atom is -0.353 e. The number of carbonyl (C=O) groups excluding carboxylic acids is 2. The molecular formula is C14H15ClF3N3O3. The molecule has 0 spiro atoms. The number of halogens is 4. The van der Waals surface area contributed by atoms with Crippen LogP contribution >= 0.6 is 11.6 Å². The van der Waals surface area contributed by atoms with E-state index >= 15 is 0 Å². The topological polar surface area (TPSA) is 71.4 Å². The van der Waals surface area contributed by atoms with Gasteiger partial charge >= 0.3 is 6.18 Å². The highest BCUT2D eigenvalue weighted by Gasteiger charge is 2.32. The summed E-state index contributed by atoms with van der Waals surface area (Å²) in [6.45, 7) is 0.517. The van der Waals surface area contributed by atoms with Crippen LogP contribution in [0.25, 0.3) is 0 Å². The monoisotopic (exact) mass is 365 g/mol. The van der Waals surface area contributed by atoms with E-state index in [4.69, 9.17) is 11.6 Å². The number of aromatic nitrogens is 1. The SMILES string of the molecule is O=C(Cn1cc(C(F)(F)F)cc(Cl)c1=O)NCCN1CCCC1=O. The summed E-state index contributed by atoms with van der Waals surface area (Å²) in [4.78, 5) is 36.5. The summed E-state index contributed by atoms with van der Waals surface area (Å²) >= 11 is 5.51. The van der Waals surface area contributed by atoms with Gasteiger partial charge in [0.2, 0.25) is 11.8 Å². The Labute approximate surface area is 140 Å².